The average Bonchev–Trinajstić information content (AvgIpc) is 3.12. The Kier molecular flexibility index (Phi) is 5.40. The van der Waals surface area contributed by atoms with Gasteiger partial charge in [-0.1, -0.05) is 18.2 Å². The van der Waals surface area contributed by atoms with E-state index in [4.69, 9.17) is 10.5 Å². The molecule has 2 N–H and O–H groups in total. The van der Waals surface area contributed by atoms with Crippen LogP contribution in [0, 0.1) is 0 Å². The Hall–Kier alpha value is -2.02. The van der Waals surface area contributed by atoms with E-state index >= 15 is 0 Å². The highest BCUT2D eigenvalue weighted by Gasteiger charge is 2.26. The summed E-state index contributed by atoms with van der Waals surface area (Å²) in [4.78, 5) is 26.6. The molecule has 1 aromatic heterocycles. The lowest BCUT2D eigenvalue weighted by Crippen LogP contribution is -2.45. The van der Waals surface area contributed by atoms with E-state index in [9.17, 15) is 9.59 Å². The molecule has 0 aliphatic carbocycles. The number of carbonyl (C=O) groups excluding carboxylic acids is 2. The molecule has 1 saturated heterocycles. The zero-order valence-electron chi connectivity index (χ0n) is 13.3. The maximum absolute atomic E-state index is 12.4. The van der Waals surface area contributed by atoms with Crippen LogP contribution in [0.25, 0.3) is 0 Å². The van der Waals surface area contributed by atoms with Gasteiger partial charge in [0.1, 0.15) is 0 Å². The number of thiophene rings is 1. The summed E-state index contributed by atoms with van der Waals surface area (Å²) >= 11 is 1.48. The Morgan fingerprint density at radius 1 is 1.25 bits per heavy atom. The van der Waals surface area contributed by atoms with Crippen LogP contribution >= 0.6 is 11.3 Å². The summed E-state index contributed by atoms with van der Waals surface area (Å²) in [5.41, 5.74) is 6.87. The Balaban J connectivity index is 1.65. The number of ether oxygens (including phenoxy) is 1. The predicted octanol–water partition coefficient (Wildman–Crippen LogP) is 2.32. The van der Waals surface area contributed by atoms with Crippen molar-refractivity contribution in [1.29, 1.82) is 0 Å². The highest BCUT2D eigenvalue weighted by atomic mass is 32.1. The van der Waals surface area contributed by atoms with E-state index in [0.29, 0.717) is 25.2 Å². The van der Waals surface area contributed by atoms with Crippen LogP contribution in [-0.4, -0.2) is 42.4 Å². The first-order chi connectivity index (χ1) is 11.6. The van der Waals surface area contributed by atoms with Gasteiger partial charge in [-0.05, 0) is 29.1 Å². The van der Waals surface area contributed by atoms with E-state index in [1.807, 2.05) is 29.6 Å². The molecule has 1 fully saturated rings. The molecule has 5 nitrogen and oxygen atoms in total. The summed E-state index contributed by atoms with van der Waals surface area (Å²) in [6.07, 6.45) is 0.458. The van der Waals surface area contributed by atoms with Gasteiger partial charge in [-0.3, -0.25) is 14.5 Å². The normalized spacial score (nSPS) is 18.4. The van der Waals surface area contributed by atoms with Crippen molar-refractivity contribution in [3.8, 4) is 0 Å². The van der Waals surface area contributed by atoms with Gasteiger partial charge in [0, 0.05) is 31.1 Å². The van der Waals surface area contributed by atoms with Gasteiger partial charge in [-0.25, -0.2) is 0 Å². The molecule has 2 aromatic rings. The molecule has 1 aliphatic rings. The van der Waals surface area contributed by atoms with Crippen LogP contribution in [0.4, 0.5) is 0 Å². The Morgan fingerprint density at radius 2 is 2.04 bits per heavy atom. The number of nitrogens with zero attached hydrogens (tertiary/aromatic N) is 1. The third-order valence-electron chi connectivity index (χ3n) is 4.19. The number of benzene rings is 1. The van der Waals surface area contributed by atoms with Crippen molar-refractivity contribution in [3.05, 3.63) is 57.8 Å². The van der Waals surface area contributed by atoms with Crippen molar-refractivity contribution in [3.63, 3.8) is 0 Å². The van der Waals surface area contributed by atoms with Gasteiger partial charge in [-0.2, -0.15) is 0 Å². The van der Waals surface area contributed by atoms with E-state index in [-0.39, 0.29) is 11.8 Å². The monoisotopic (exact) mass is 344 g/mol. The Bertz CT molecular complexity index is 698. The summed E-state index contributed by atoms with van der Waals surface area (Å²) < 4.78 is 5.57. The Morgan fingerprint density at radius 3 is 2.71 bits per heavy atom. The summed E-state index contributed by atoms with van der Waals surface area (Å²) in [6.45, 7) is 2.75. The molecule has 0 unspecified atom stereocenters. The predicted molar refractivity (Wildman–Crippen MR) is 93.2 cm³/mol. The molecule has 24 heavy (non-hydrogen) atoms. The summed E-state index contributed by atoms with van der Waals surface area (Å²) in [7, 11) is 0. The van der Waals surface area contributed by atoms with E-state index in [1.165, 1.54) is 11.3 Å². The molecule has 1 aliphatic heterocycles. The van der Waals surface area contributed by atoms with Crippen LogP contribution in [0.5, 0.6) is 0 Å². The smallest absolute Gasteiger partial charge is 0.248 e. The second-order valence-electron chi connectivity index (χ2n) is 5.86. The first kappa shape index (κ1) is 16.8. The molecule has 0 saturated carbocycles. The van der Waals surface area contributed by atoms with E-state index in [1.54, 1.807) is 12.1 Å². The number of nitrogens with two attached hydrogens (primary N) is 1. The number of primary amides is 1. The topological polar surface area (TPSA) is 72.6 Å². The van der Waals surface area contributed by atoms with Crippen LogP contribution in [0.1, 0.15) is 32.0 Å². The molecule has 126 valence electrons. The van der Waals surface area contributed by atoms with Crippen molar-refractivity contribution in [2.45, 2.75) is 19.0 Å². The molecule has 1 aromatic carbocycles. The lowest BCUT2D eigenvalue weighted by Gasteiger charge is -2.35. The first-order valence-corrected chi connectivity index (χ1v) is 8.78. The summed E-state index contributed by atoms with van der Waals surface area (Å²) in [6, 6.07) is 11.1. The number of hydrogen-bond acceptors (Lipinski definition) is 5. The number of rotatable bonds is 6. The maximum atomic E-state index is 12.4. The SMILES string of the molecule is NC(=O)c1ccc(CN2CCOC[C@@H]2CC(=O)c2cccs2)cc1. The number of hydrogen-bond donors (Lipinski definition) is 1. The van der Waals surface area contributed by atoms with Crippen LogP contribution in [0.15, 0.2) is 41.8 Å². The molecule has 3 rings (SSSR count). The molecule has 1 amide bonds. The fourth-order valence-corrected chi connectivity index (χ4v) is 3.52. The molecule has 6 heteroatoms. The molecule has 0 spiro atoms. The average molecular weight is 344 g/mol. The molecule has 0 bridgehead atoms. The van der Waals surface area contributed by atoms with Crippen molar-refractivity contribution >= 4 is 23.0 Å². The van der Waals surface area contributed by atoms with E-state index in [0.717, 1.165) is 23.5 Å². The second-order valence-corrected chi connectivity index (χ2v) is 6.81. The number of ketones is 1. The highest BCUT2D eigenvalue weighted by molar-refractivity contribution is 7.12. The second kappa shape index (κ2) is 7.70. The van der Waals surface area contributed by atoms with Gasteiger partial charge >= 0.3 is 0 Å². The van der Waals surface area contributed by atoms with Gasteiger partial charge in [0.05, 0.1) is 18.1 Å². The minimum Gasteiger partial charge on any atom is -0.378 e. The number of carbonyl (C=O) groups is 2. The fraction of sp³-hybridized carbons (Fsp3) is 0.333. The van der Waals surface area contributed by atoms with Gasteiger partial charge in [0.15, 0.2) is 5.78 Å². The van der Waals surface area contributed by atoms with Crippen molar-refractivity contribution in [2.75, 3.05) is 19.8 Å². The third kappa shape index (κ3) is 4.08. The minimum atomic E-state index is -0.424. The van der Waals surface area contributed by atoms with Crippen LogP contribution < -0.4 is 5.73 Å². The summed E-state index contributed by atoms with van der Waals surface area (Å²) in [5.74, 6) is -0.262. The molecule has 0 radical (unpaired) electrons. The lowest BCUT2D eigenvalue weighted by molar-refractivity contribution is -0.0125. The lowest BCUT2D eigenvalue weighted by atomic mass is 10.1. The third-order valence-corrected chi connectivity index (χ3v) is 5.10. The quantitative estimate of drug-likeness (QED) is 0.816. The van der Waals surface area contributed by atoms with Gasteiger partial charge < -0.3 is 10.5 Å². The first-order valence-electron chi connectivity index (χ1n) is 7.91. The number of Topliss-reactive ketones (excluding diaryl/α,β-unsaturated/α-hetero) is 1. The summed E-state index contributed by atoms with van der Waals surface area (Å²) in [5, 5.41) is 1.92. The largest absolute Gasteiger partial charge is 0.378 e. The highest BCUT2D eigenvalue weighted by Crippen LogP contribution is 2.19. The zero-order valence-corrected chi connectivity index (χ0v) is 14.1. The van der Waals surface area contributed by atoms with Gasteiger partial charge in [0.25, 0.3) is 0 Å². The van der Waals surface area contributed by atoms with Gasteiger partial charge in [-0.15, -0.1) is 11.3 Å². The van der Waals surface area contributed by atoms with Crippen molar-refractivity contribution < 1.29 is 14.3 Å². The van der Waals surface area contributed by atoms with E-state index in [2.05, 4.69) is 4.90 Å². The van der Waals surface area contributed by atoms with Crippen molar-refractivity contribution in [2.24, 2.45) is 5.73 Å². The number of morpholine rings is 1. The number of amides is 1. The van der Waals surface area contributed by atoms with Crippen molar-refractivity contribution in [1.82, 2.24) is 4.90 Å². The molecule has 1 atom stereocenters. The van der Waals surface area contributed by atoms with Crippen LogP contribution in [0.3, 0.4) is 0 Å². The van der Waals surface area contributed by atoms with Gasteiger partial charge in [0.2, 0.25) is 5.91 Å². The Labute approximate surface area is 145 Å². The van der Waals surface area contributed by atoms with Crippen LogP contribution in [0.2, 0.25) is 0 Å². The minimum absolute atomic E-state index is 0.0733. The molecular weight excluding hydrogens is 324 g/mol. The zero-order chi connectivity index (χ0) is 16.9. The maximum Gasteiger partial charge on any atom is 0.248 e. The molecule has 2 heterocycles. The fourth-order valence-electron chi connectivity index (χ4n) is 2.85. The molecular formula is C18H20N2O3S. The standard InChI is InChI=1S/C18H20N2O3S/c19-18(22)14-5-3-13(4-6-14)11-20-7-8-23-12-15(20)10-16(21)17-2-1-9-24-17/h1-6,9,15H,7-8,10-12H2,(H2,19,22)/t15-/m0/s1. The van der Waals surface area contributed by atoms with E-state index < -0.39 is 5.91 Å². The van der Waals surface area contributed by atoms with Crippen LogP contribution in [-0.2, 0) is 11.3 Å².